The Balaban J connectivity index is 1.76. The maximum atomic E-state index is 12.7. The fraction of sp³-hybridized carbons (Fsp3) is 0.130. The third-order valence-electron chi connectivity index (χ3n) is 4.94. The van der Waals surface area contributed by atoms with Crippen molar-refractivity contribution in [1.82, 2.24) is 0 Å². The Morgan fingerprint density at radius 1 is 0.971 bits per heavy atom. The van der Waals surface area contributed by atoms with Crippen LogP contribution in [0.15, 0.2) is 66.7 Å². The minimum Gasteiger partial charge on any atom is -0.506 e. The summed E-state index contributed by atoms with van der Waals surface area (Å²) in [4.78, 5) is 23.7. The Morgan fingerprint density at radius 3 is 2.06 bits per heavy atom. The highest BCUT2D eigenvalue weighted by Crippen LogP contribution is 2.32. The number of carbonyl (C=O) groups excluding carboxylic acids is 2. The number of halogens is 3. The molecule has 0 saturated heterocycles. The molecule has 0 spiro atoms. The lowest BCUT2D eigenvalue weighted by Gasteiger charge is -2.21. The summed E-state index contributed by atoms with van der Waals surface area (Å²) in [7, 11) is 0. The highest BCUT2D eigenvalue weighted by atomic mass is 32.2. The molecule has 2 amide bonds. The van der Waals surface area contributed by atoms with Crippen LogP contribution in [0.25, 0.3) is 11.1 Å². The number of hydrogen-bond donors (Lipinski definition) is 4. The lowest BCUT2D eigenvalue weighted by atomic mass is 10.0. The van der Waals surface area contributed by atoms with Crippen molar-refractivity contribution in [2.75, 3.05) is 16.2 Å². The highest BCUT2D eigenvalue weighted by molar-refractivity contribution is 7.80. The van der Waals surface area contributed by atoms with E-state index in [1.165, 1.54) is 42.5 Å². The number of carbonyl (C=O) groups is 2. The van der Waals surface area contributed by atoms with Crippen LogP contribution in [0.4, 0.5) is 24.5 Å². The second kappa shape index (κ2) is 10.6. The van der Waals surface area contributed by atoms with E-state index in [0.29, 0.717) is 11.1 Å². The number of nitrogens with two attached hydrogens (primary N) is 1. The molecule has 0 aliphatic heterocycles. The fourth-order valence-electron chi connectivity index (χ4n) is 3.16. The van der Waals surface area contributed by atoms with Gasteiger partial charge in [-0.3, -0.25) is 18.4 Å². The van der Waals surface area contributed by atoms with Crippen molar-refractivity contribution in [3.05, 3.63) is 77.9 Å². The molecule has 35 heavy (non-hydrogen) atoms. The molecule has 3 aromatic rings. The van der Waals surface area contributed by atoms with Gasteiger partial charge in [0.2, 0.25) is 5.91 Å². The quantitative estimate of drug-likeness (QED) is 0.269. The molecule has 0 aliphatic rings. The van der Waals surface area contributed by atoms with Crippen LogP contribution < -0.4 is 15.4 Å². The van der Waals surface area contributed by atoms with E-state index in [1.54, 1.807) is 12.1 Å². The van der Waals surface area contributed by atoms with Crippen molar-refractivity contribution >= 4 is 34.5 Å². The number of hydrogen-bond acceptors (Lipinski definition) is 4. The number of phenols is 1. The van der Waals surface area contributed by atoms with Gasteiger partial charge < -0.3 is 16.2 Å². The van der Waals surface area contributed by atoms with E-state index >= 15 is 0 Å². The van der Waals surface area contributed by atoms with Crippen molar-refractivity contribution in [3.8, 4) is 16.9 Å². The van der Waals surface area contributed by atoms with Crippen molar-refractivity contribution in [1.29, 1.82) is 0 Å². The Morgan fingerprint density at radius 2 is 1.54 bits per heavy atom. The molecule has 5 N–H and O–H groups in total. The number of aromatic hydroxyl groups is 1. The summed E-state index contributed by atoms with van der Waals surface area (Å²) in [6.45, 7) is -0.241. The molecule has 12 heteroatoms. The van der Waals surface area contributed by atoms with E-state index < -0.39 is 34.8 Å². The number of amides is 2. The normalized spacial score (nSPS) is 12.1. The van der Waals surface area contributed by atoms with Crippen LogP contribution in [0.5, 0.6) is 5.75 Å². The van der Waals surface area contributed by atoms with Crippen LogP contribution in [0.1, 0.15) is 22.3 Å². The summed E-state index contributed by atoms with van der Waals surface area (Å²) in [5.74, 6) is -1.59. The van der Waals surface area contributed by atoms with Gasteiger partial charge in [0, 0.05) is 24.2 Å². The number of phenolic OH excluding ortho intramolecular Hbond substituents is 1. The smallest absolute Gasteiger partial charge is 0.416 e. The van der Waals surface area contributed by atoms with Crippen LogP contribution in [-0.4, -0.2) is 32.2 Å². The van der Waals surface area contributed by atoms with E-state index in [-0.39, 0.29) is 35.7 Å². The van der Waals surface area contributed by atoms with Crippen LogP contribution in [0, 0.1) is 0 Å². The van der Waals surface area contributed by atoms with Crippen LogP contribution in [0.3, 0.4) is 0 Å². The predicted octanol–water partition coefficient (Wildman–Crippen LogP) is 4.15. The summed E-state index contributed by atoms with van der Waals surface area (Å²) in [5.41, 5.74) is 5.81. The molecule has 1 atom stereocenters. The zero-order chi connectivity index (χ0) is 25.8. The van der Waals surface area contributed by atoms with Crippen LogP contribution in [-0.2, 0) is 22.2 Å². The first-order valence-electron chi connectivity index (χ1n) is 10.0. The number of rotatable bonds is 8. The minimum atomic E-state index is -4.43. The van der Waals surface area contributed by atoms with Gasteiger partial charge in [0.25, 0.3) is 17.2 Å². The molecular weight excluding hydrogens is 487 g/mol. The zero-order valence-electron chi connectivity index (χ0n) is 18.0. The topological polar surface area (TPSA) is 133 Å². The zero-order valence-corrected chi connectivity index (χ0v) is 18.8. The number of nitrogens with zero attached hydrogens (tertiary/aromatic N) is 1. The largest absolute Gasteiger partial charge is 0.506 e. The van der Waals surface area contributed by atoms with Gasteiger partial charge in [0.15, 0.2) is 0 Å². The van der Waals surface area contributed by atoms with Gasteiger partial charge in [-0.25, -0.2) is 4.21 Å². The molecule has 1 unspecified atom stereocenters. The molecular formula is C23H20F3N3O5S. The van der Waals surface area contributed by atoms with Crippen LogP contribution in [0.2, 0.25) is 0 Å². The van der Waals surface area contributed by atoms with Gasteiger partial charge in [0.05, 0.1) is 11.3 Å². The second-order valence-corrected chi connectivity index (χ2v) is 8.26. The molecule has 0 fully saturated rings. The molecule has 3 rings (SSSR count). The number of primary amides is 1. The third-order valence-corrected chi connectivity index (χ3v) is 5.70. The SMILES string of the molecule is NC(=O)CCN(c1cc(NC(=O)c2ccc(-c3ccc(C(F)(F)F)cc3)cc2)ccc1O)S(=O)O. The predicted molar refractivity (Wildman–Crippen MR) is 125 cm³/mol. The Labute approximate surface area is 200 Å². The van der Waals surface area contributed by atoms with Gasteiger partial charge in [-0.1, -0.05) is 24.3 Å². The summed E-state index contributed by atoms with van der Waals surface area (Å²) in [5, 5.41) is 12.7. The van der Waals surface area contributed by atoms with Crippen LogP contribution >= 0.6 is 0 Å². The first kappa shape index (κ1) is 25.7. The maximum Gasteiger partial charge on any atom is 0.416 e. The highest BCUT2D eigenvalue weighted by Gasteiger charge is 2.30. The number of alkyl halides is 3. The lowest BCUT2D eigenvalue weighted by Crippen LogP contribution is -2.29. The maximum absolute atomic E-state index is 12.7. The number of benzene rings is 3. The van der Waals surface area contributed by atoms with Crippen molar-refractivity contribution < 1.29 is 36.6 Å². The fourth-order valence-corrected chi connectivity index (χ4v) is 3.73. The average molecular weight is 507 g/mol. The third kappa shape index (κ3) is 6.58. The van der Waals surface area contributed by atoms with Crippen molar-refractivity contribution in [3.63, 3.8) is 0 Å². The Kier molecular flexibility index (Phi) is 7.77. The molecule has 8 nitrogen and oxygen atoms in total. The minimum absolute atomic E-state index is 0.0949. The summed E-state index contributed by atoms with van der Waals surface area (Å²) in [6.07, 6.45) is -4.67. The van der Waals surface area contributed by atoms with Gasteiger partial charge in [-0.2, -0.15) is 13.2 Å². The standard InChI is InChI=1S/C23H20F3N3O5S/c24-23(25,26)17-7-5-15(6-8-17)14-1-3-16(4-2-14)22(32)28-18-9-10-20(30)19(13-18)29(35(33)34)12-11-21(27)31/h1-10,13,30H,11-12H2,(H2,27,31)(H,28,32)(H,33,34). The Bertz CT molecular complexity index is 1250. The first-order valence-corrected chi connectivity index (χ1v) is 11.1. The number of nitrogens with one attached hydrogen (secondary N) is 1. The van der Waals surface area contributed by atoms with Gasteiger partial charge in [-0.15, -0.1) is 0 Å². The van der Waals surface area contributed by atoms with Crippen molar-refractivity contribution in [2.45, 2.75) is 12.6 Å². The molecule has 3 aromatic carbocycles. The molecule has 0 aliphatic carbocycles. The molecule has 0 heterocycles. The molecule has 0 radical (unpaired) electrons. The van der Waals surface area contributed by atoms with Gasteiger partial charge >= 0.3 is 6.18 Å². The van der Waals surface area contributed by atoms with E-state index in [4.69, 9.17) is 5.73 Å². The summed E-state index contributed by atoms with van der Waals surface area (Å²) < 4.78 is 60.2. The average Bonchev–Trinajstić information content (AvgIpc) is 2.80. The summed E-state index contributed by atoms with van der Waals surface area (Å²) >= 11 is -2.58. The van der Waals surface area contributed by atoms with Gasteiger partial charge in [-0.05, 0) is 53.6 Å². The Hall–Kier alpha value is -3.90. The lowest BCUT2D eigenvalue weighted by molar-refractivity contribution is -0.137. The van der Waals surface area contributed by atoms with Gasteiger partial charge in [0.1, 0.15) is 5.75 Å². The second-order valence-electron chi connectivity index (χ2n) is 7.36. The molecule has 0 aromatic heterocycles. The number of anilines is 2. The van der Waals surface area contributed by atoms with E-state index in [0.717, 1.165) is 16.4 Å². The first-order chi connectivity index (χ1) is 16.5. The molecule has 184 valence electrons. The van der Waals surface area contributed by atoms with E-state index in [9.17, 15) is 36.6 Å². The van der Waals surface area contributed by atoms with E-state index in [1.807, 2.05) is 0 Å². The molecule has 0 bridgehead atoms. The molecule has 0 saturated carbocycles. The van der Waals surface area contributed by atoms with E-state index in [2.05, 4.69) is 5.32 Å². The summed E-state index contributed by atoms with van der Waals surface area (Å²) in [6, 6.07) is 14.6. The monoisotopic (exact) mass is 507 g/mol. The van der Waals surface area contributed by atoms with Crippen molar-refractivity contribution in [2.24, 2.45) is 5.73 Å².